The first kappa shape index (κ1) is 15.8. The van der Waals surface area contributed by atoms with Crippen molar-refractivity contribution in [2.45, 2.75) is 13.5 Å². The summed E-state index contributed by atoms with van der Waals surface area (Å²) >= 11 is 0. The highest BCUT2D eigenvalue weighted by molar-refractivity contribution is 5.98. The van der Waals surface area contributed by atoms with Crippen LogP contribution in [0, 0.1) is 0 Å². The normalized spacial score (nSPS) is 10.5. The van der Waals surface area contributed by atoms with Gasteiger partial charge in [-0.1, -0.05) is 35.5 Å². The molecule has 2 rings (SSSR count). The van der Waals surface area contributed by atoms with Gasteiger partial charge in [-0.3, -0.25) is 9.59 Å². The van der Waals surface area contributed by atoms with Gasteiger partial charge in [-0.2, -0.15) is 0 Å². The predicted octanol–water partition coefficient (Wildman–Crippen LogP) is 1.34. The number of ether oxygens (including phenoxy) is 2. The SMILES string of the molecule is COCCOC(=O)Cn1nnc(C(C)=O)c1-c1ccccc1. The molecule has 0 aliphatic heterocycles. The number of Topliss-reactive ketones (excluding diaryl/α,β-unsaturated/α-hetero) is 1. The molecule has 0 radical (unpaired) electrons. The molecule has 0 amide bonds. The molecule has 0 atom stereocenters. The number of nitrogens with zero attached hydrogens (tertiary/aromatic N) is 3. The van der Waals surface area contributed by atoms with E-state index in [2.05, 4.69) is 10.3 Å². The van der Waals surface area contributed by atoms with Gasteiger partial charge in [0.25, 0.3) is 0 Å². The second-order valence-corrected chi connectivity index (χ2v) is 4.58. The van der Waals surface area contributed by atoms with Crippen LogP contribution in [0.2, 0.25) is 0 Å². The summed E-state index contributed by atoms with van der Waals surface area (Å²) in [5, 5.41) is 7.77. The van der Waals surface area contributed by atoms with Gasteiger partial charge in [0.05, 0.1) is 6.61 Å². The first-order valence-electron chi connectivity index (χ1n) is 6.78. The van der Waals surface area contributed by atoms with Crippen LogP contribution in [0.3, 0.4) is 0 Å². The number of esters is 1. The molecule has 7 heteroatoms. The molecule has 0 unspecified atom stereocenters. The highest BCUT2D eigenvalue weighted by Gasteiger charge is 2.20. The molecule has 0 fully saturated rings. The molecular formula is C15H17N3O4. The molecule has 1 aromatic carbocycles. The summed E-state index contributed by atoms with van der Waals surface area (Å²) < 4.78 is 11.2. The van der Waals surface area contributed by atoms with Gasteiger partial charge in [0.15, 0.2) is 11.5 Å². The topological polar surface area (TPSA) is 83.3 Å². The second kappa shape index (κ2) is 7.46. The Balaban J connectivity index is 2.25. The largest absolute Gasteiger partial charge is 0.462 e. The Morgan fingerprint density at radius 2 is 1.91 bits per heavy atom. The maximum atomic E-state index is 11.8. The van der Waals surface area contributed by atoms with Gasteiger partial charge in [0.1, 0.15) is 18.8 Å². The molecule has 22 heavy (non-hydrogen) atoms. The molecule has 1 aromatic heterocycles. The van der Waals surface area contributed by atoms with Gasteiger partial charge in [0, 0.05) is 19.6 Å². The van der Waals surface area contributed by atoms with Gasteiger partial charge in [-0.25, -0.2) is 4.68 Å². The van der Waals surface area contributed by atoms with E-state index >= 15 is 0 Å². The molecule has 0 aliphatic rings. The molecule has 0 N–H and O–H groups in total. The Labute approximate surface area is 127 Å². The average molecular weight is 303 g/mol. The Hall–Kier alpha value is -2.54. The van der Waals surface area contributed by atoms with Crippen LogP contribution >= 0.6 is 0 Å². The summed E-state index contributed by atoms with van der Waals surface area (Å²) in [7, 11) is 1.53. The Morgan fingerprint density at radius 1 is 1.18 bits per heavy atom. The predicted molar refractivity (Wildman–Crippen MR) is 78.3 cm³/mol. The number of methoxy groups -OCH3 is 1. The third-order valence-corrected chi connectivity index (χ3v) is 2.95. The van der Waals surface area contributed by atoms with E-state index in [9.17, 15) is 9.59 Å². The highest BCUT2D eigenvalue weighted by atomic mass is 16.6. The number of benzene rings is 1. The standard InChI is InChI=1S/C15H17N3O4/c1-11(19)14-15(12-6-4-3-5-7-12)18(17-16-14)10-13(20)22-9-8-21-2/h3-7H,8-10H2,1-2H3. The minimum atomic E-state index is -0.464. The van der Waals surface area contributed by atoms with Crippen molar-refractivity contribution in [2.75, 3.05) is 20.3 Å². The lowest BCUT2D eigenvalue weighted by Gasteiger charge is -2.08. The van der Waals surface area contributed by atoms with Crippen molar-refractivity contribution in [3.63, 3.8) is 0 Å². The van der Waals surface area contributed by atoms with Gasteiger partial charge < -0.3 is 9.47 Å². The maximum Gasteiger partial charge on any atom is 0.327 e. The van der Waals surface area contributed by atoms with Crippen molar-refractivity contribution in [2.24, 2.45) is 0 Å². The molecular weight excluding hydrogens is 286 g/mol. The summed E-state index contributed by atoms with van der Waals surface area (Å²) in [4.78, 5) is 23.5. The molecule has 0 aliphatic carbocycles. The van der Waals surface area contributed by atoms with Crippen molar-refractivity contribution in [3.8, 4) is 11.3 Å². The summed E-state index contributed by atoms with van der Waals surface area (Å²) in [5.41, 5.74) is 1.51. The second-order valence-electron chi connectivity index (χ2n) is 4.58. The van der Waals surface area contributed by atoms with Crippen LogP contribution in [0.25, 0.3) is 11.3 Å². The first-order chi connectivity index (χ1) is 10.6. The molecule has 1 heterocycles. The zero-order valence-electron chi connectivity index (χ0n) is 12.5. The molecule has 116 valence electrons. The van der Waals surface area contributed by atoms with Crippen LogP contribution in [0.15, 0.2) is 30.3 Å². The maximum absolute atomic E-state index is 11.8. The Bertz CT molecular complexity index is 652. The summed E-state index contributed by atoms with van der Waals surface area (Å²) in [5.74, 6) is -0.674. The molecule has 0 saturated heterocycles. The first-order valence-corrected chi connectivity index (χ1v) is 6.78. The quantitative estimate of drug-likeness (QED) is 0.436. The third-order valence-electron chi connectivity index (χ3n) is 2.95. The molecule has 0 bridgehead atoms. The molecule has 0 spiro atoms. The van der Waals surface area contributed by atoms with E-state index in [1.807, 2.05) is 30.3 Å². The summed E-state index contributed by atoms with van der Waals surface area (Å²) in [6.07, 6.45) is 0. The summed E-state index contributed by atoms with van der Waals surface area (Å²) in [6.45, 7) is 1.80. The van der Waals surface area contributed by atoms with E-state index in [0.29, 0.717) is 12.3 Å². The minimum Gasteiger partial charge on any atom is -0.462 e. The Kier molecular flexibility index (Phi) is 5.37. The zero-order chi connectivity index (χ0) is 15.9. The van der Waals surface area contributed by atoms with Crippen molar-refractivity contribution in [1.82, 2.24) is 15.0 Å². The van der Waals surface area contributed by atoms with Crippen LogP contribution in [0.5, 0.6) is 0 Å². The fourth-order valence-electron chi connectivity index (χ4n) is 1.95. The van der Waals surface area contributed by atoms with Crippen molar-refractivity contribution in [1.29, 1.82) is 0 Å². The van der Waals surface area contributed by atoms with Crippen molar-refractivity contribution < 1.29 is 19.1 Å². The number of rotatable bonds is 7. The van der Waals surface area contributed by atoms with E-state index in [1.54, 1.807) is 0 Å². The van der Waals surface area contributed by atoms with Crippen molar-refractivity contribution >= 4 is 11.8 Å². The molecule has 2 aromatic rings. The summed E-state index contributed by atoms with van der Waals surface area (Å²) in [6, 6.07) is 9.21. The van der Waals surface area contributed by atoms with E-state index in [-0.39, 0.29) is 24.6 Å². The number of hydrogen-bond donors (Lipinski definition) is 0. The number of ketones is 1. The van der Waals surface area contributed by atoms with E-state index in [1.165, 1.54) is 18.7 Å². The lowest BCUT2D eigenvalue weighted by atomic mass is 10.1. The fourth-order valence-corrected chi connectivity index (χ4v) is 1.95. The van der Waals surface area contributed by atoms with Crippen LogP contribution in [0.4, 0.5) is 0 Å². The van der Waals surface area contributed by atoms with E-state index in [4.69, 9.17) is 9.47 Å². The number of carbonyl (C=O) groups excluding carboxylic acids is 2. The monoisotopic (exact) mass is 303 g/mol. The fraction of sp³-hybridized carbons (Fsp3) is 0.333. The third kappa shape index (κ3) is 3.76. The van der Waals surface area contributed by atoms with E-state index < -0.39 is 5.97 Å². The van der Waals surface area contributed by atoms with Gasteiger partial charge in [0.2, 0.25) is 0 Å². The smallest absolute Gasteiger partial charge is 0.327 e. The zero-order valence-corrected chi connectivity index (χ0v) is 12.5. The van der Waals surface area contributed by atoms with Crippen molar-refractivity contribution in [3.05, 3.63) is 36.0 Å². The molecule has 0 saturated carbocycles. The van der Waals surface area contributed by atoms with Gasteiger partial charge >= 0.3 is 5.97 Å². The molecule has 7 nitrogen and oxygen atoms in total. The minimum absolute atomic E-state index is 0.117. The van der Waals surface area contributed by atoms with Gasteiger partial charge in [-0.05, 0) is 0 Å². The van der Waals surface area contributed by atoms with E-state index in [0.717, 1.165) is 5.56 Å². The number of hydrogen-bond acceptors (Lipinski definition) is 6. The Morgan fingerprint density at radius 3 is 2.55 bits per heavy atom. The average Bonchev–Trinajstić information content (AvgIpc) is 2.92. The van der Waals surface area contributed by atoms with Crippen LogP contribution in [-0.2, 0) is 20.8 Å². The van der Waals surface area contributed by atoms with Crippen LogP contribution in [-0.4, -0.2) is 47.1 Å². The lowest BCUT2D eigenvalue weighted by Crippen LogP contribution is -2.17. The van der Waals surface area contributed by atoms with Crippen LogP contribution < -0.4 is 0 Å². The number of carbonyl (C=O) groups is 2. The lowest BCUT2D eigenvalue weighted by molar-refractivity contribution is -0.145. The highest BCUT2D eigenvalue weighted by Crippen LogP contribution is 2.22. The van der Waals surface area contributed by atoms with Gasteiger partial charge in [-0.15, -0.1) is 5.10 Å². The van der Waals surface area contributed by atoms with Crippen LogP contribution in [0.1, 0.15) is 17.4 Å². The number of aromatic nitrogens is 3.